The van der Waals surface area contributed by atoms with Gasteiger partial charge in [-0.3, -0.25) is 4.98 Å². The SMILES string of the molecule is NCc1cc(C(=O)O)ccn1. The predicted octanol–water partition coefficient (Wildman–Crippen LogP) is 0.238. The number of aromatic nitrogens is 1. The third-order valence-corrected chi connectivity index (χ3v) is 1.27. The van der Waals surface area contributed by atoms with Crippen LogP contribution >= 0.6 is 0 Å². The van der Waals surface area contributed by atoms with Gasteiger partial charge in [0.25, 0.3) is 0 Å². The molecular formula is C7H8N2O2. The van der Waals surface area contributed by atoms with Gasteiger partial charge >= 0.3 is 5.97 Å². The first-order valence-electron chi connectivity index (χ1n) is 3.12. The quantitative estimate of drug-likeness (QED) is 0.636. The van der Waals surface area contributed by atoms with Gasteiger partial charge in [0.05, 0.1) is 11.3 Å². The fraction of sp³-hybridized carbons (Fsp3) is 0.143. The lowest BCUT2D eigenvalue weighted by atomic mass is 10.2. The molecule has 0 aliphatic rings. The van der Waals surface area contributed by atoms with Crippen molar-refractivity contribution in [3.63, 3.8) is 0 Å². The summed E-state index contributed by atoms with van der Waals surface area (Å²) >= 11 is 0. The van der Waals surface area contributed by atoms with Gasteiger partial charge in [-0.2, -0.15) is 0 Å². The van der Waals surface area contributed by atoms with Gasteiger partial charge in [0.2, 0.25) is 0 Å². The highest BCUT2D eigenvalue weighted by atomic mass is 16.4. The molecule has 0 saturated heterocycles. The Balaban J connectivity index is 3.01. The Morgan fingerprint density at radius 3 is 3.00 bits per heavy atom. The summed E-state index contributed by atoms with van der Waals surface area (Å²) in [7, 11) is 0. The summed E-state index contributed by atoms with van der Waals surface area (Å²) in [5.74, 6) is -0.956. The number of hydrogen-bond donors (Lipinski definition) is 2. The zero-order chi connectivity index (χ0) is 8.27. The first-order valence-corrected chi connectivity index (χ1v) is 3.12. The smallest absolute Gasteiger partial charge is 0.335 e. The minimum atomic E-state index is -0.956. The molecule has 1 aromatic rings. The highest BCUT2D eigenvalue weighted by molar-refractivity contribution is 5.87. The van der Waals surface area contributed by atoms with Crippen LogP contribution in [0.1, 0.15) is 16.1 Å². The highest BCUT2D eigenvalue weighted by Crippen LogP contribution is 2.00. The Kier molecular flexibility index (Phi) is 2.18. The monoisotopic (exact) mass is 152 g/mol. The molecule has 0 saturated carbocycles. The van der Waals surface area contributed by atoms with Crippen molar-refractivity contribution in [1.82, 2.24) is 4.98 Å². The molecule has 0 unspecified atom stereocenters. The summed E-state index contributed by atoms with van der Waals surface area (Å²) in [6.07, 6.45) is 1.44. The van der Waals surface area contributed by atoms with Crippen molar-refractivity contribution >= 4 is 5.97 Å². The normalized spacial score (nSPS) is 9.55. The summed E-state index contributed by atoms with van der Waals surface area (Å²) < 4.78 is 0. The van der Waals surface area contributed by atoms with E-state index in [0.29, 0.717) is 5.69 Å². The van der Waals surface area contributed by atoms with Gasteiger partial charge in [0.15, 0.2) is 0 Å². The zero-order valence-electron chi connectivity index (χ0n) is 5.82. The molecule has 1 heterocycles. The van der Waals surface area contributed by atoms with E-state index < -0.39 is 5.97 Å². The van der Waals surface area contributed by atoms with E-state index in [2.05, 4.69) is 4.98 Å². The maximum atomic E-state index is 10.4. The number of nitrogens with zero attached hydrogens (tertiary/aromatic N) is 1. The van der Waals surface area contributed by atoms with Crippen LogP contribution < -0.4 is 5.73 Å². The molecule has 0 amide bonds. The Morgan fingerprint density at radius 1 is 1.73 bits per heavy atom. The van der Waals surface area contributed by atoms with Crippen molar-refractivity contribution in [2.24, 2.45) is 5.73 Å². The Hall–Kier alpha value is -1.42. The summed E-state index contributed by atoms with van der Waals surface area (Å²) in [6.45, 7) is 0.265. The van der Waals surface area contributed by atoms with Crippen molar-refractivity contribution in [3.8, 4) is 0 Å². The molecule has 4 heteroatoms. The van der Waals surface area contributed by atoms with E-state index >= 15 is 0 Å². The van der Waals surface area contributed by atoms with Crippen LogP contribution in [-0.2, 0) is 6.54 Å². The van der Waals surface area contributed by atoms with Crippen molar-refractivity contribution in [2.75, 3.05) is 0 Å². The van der Waals surface area contributed by atoms with Crippen LogP contribution in [0.4, 0.5) is 0 Å². The lowest BCUT2D eigenvalue weighted by Gasteiger charge is -1.96. The number of rotatable bonds is 2. The van der Waals surface area contributed by atoms with E-state index in [4.69, 9.17) is 10.8 Å². The average Bonchev–Trinajstić information content (AvgIpc) is 2.05. The van der Waals surface area contributed by atoms with Gasteiger partial charge < -0.3 is 10.8 Å². The van der Waals surface area contributed by atoms with Gasteiger partial charge in [-0.05, 0) is 12.1 Å². The second-order valence-electron chi connectivity index (χ2n) is 2.05. The molecular weight excluding hydrogens is 144 g/mol. The molecule has 0 atom stereocenters. The van der Waals surface area contributed by atoms with Crippen LogP contribution in [0.3, 0.4) is 0 Å². The molecule has 58 valence electrons. The van der Waals surface area contributed by atoms with Gasteiger partial charge in [-0.1, -0.05) is 0 Å². The first-order chi connectivity index (χ1) is 5.24. The summed E-state index contributed by atoms with van der Waals surface area (Å²) in [5, 5.41) is 8.54. The summed E-state index contributed by atoms with van der Waals surface area (Å²) in [5.41, 5.74) is 6.07. The van der Waals surface area contributed by atoms with E-state index in [-0.39, 0.29) is 12.1 Å². The number of nitrogens with two attached hydrogens (primary N) is 1. The lowest BCUT2D eigenvalue weighted by molar-refractivity contribution is 0.0696. The topological polar surface area (TPSA) is 76.2 Å². The Labute approximate surface area is 63.7 Å². The Bertz CT molecular complexity index is 273. The largest absolute Gasteiger partial charge is 0.478 e. The Morgan fingerprint density at radius 2 is 2.45 bits per heavy atom. The van der Waals surface area contributed by atoms with E-state index in [1.165, 1.54) is 18.3 Å². The number of carboxylic acid groups (broad SMARTS) is 1. The minimum Gasteiger partial charge on any atom is -0.478 e. The van der Waals surface area contributed by atoms with Crippen molar-refractivity contribution in [2.45, 2.75) is 6.54 Å². The molecule has 1 rings (SSSR count). The fourth-order valence-corrected chi connectivity index (χ4v) is 0.723. The third kappa shape index (κ3) is 1.75. The van der Waals surface area contributed by atoms with Gasteiger partial charge in [-0.15, -0.1) is 0 Å². The van der Waals surface area contributed by atoms with E-state index in [0.717, 1.165) is 0 Å². The summed E-state index contributed by atoms with van der Waals surface area (Å²) in [6, 6.07) is 2.89. The van der Waals surface area contributed by atoms with Crippen molar-refractivity contribution in [3.05, 3.63) is 29.6 Å². The predicted molar refractivity (Wildman–Crippen MR) is 39.1 cm³/mol. The molecule has 0 fully saturated rings. The van der Waals surface area contributed by atoms with Crippen molar-refractivity contribution < 1.29 is 9.90 Å². The first kappa shape index (κ1) is 7.68. The van der Waals surface area contributed by atoms with E-state index in [9.17, 15) is 4.79 Å². The van der Waals surface area contributed by atoms with Crippen LogP contribution in [0.5, 0.6) is 0 Å². The number of aromatic carboxylic acids is 1. The van der Waals surface area contributed by atoms with Gasteiger partial charge in [-0.25, -0.2) is 4.79 Å². The molecule has 3 N–H and O–H groups in total. The fourth-order valence-electron chi connectivity index (χ4n) is 0.723. The average molecular weight is 152 g/mol. The van der Waals surface area contributed by atoms with Crippen LogP contribution in [0.15, 0.2) is 18.3 Å². The molecule has 0 bridgehead atoms. The molecule has 0 radical (unpaired) electrons. The second kappa shape index (κ2) is 3.12. The van der Waals surface area contributed by atoms with Gasteiger partial charge in [0, 0.05) is 12.7 Å². The van der Waals surface area contributed by atoms with E-state index in [1.54, 1.807) is 0 Å². The van der Waals surface area contributed by atoms with Crippen LogP contribution in [-0.4, -0.2) is 16.1 Å². The number of pyridine rings is 1. The second-order valence-corrected chi connectivity index (χ2v) is 2.05. The van der Waals surface area contributed by atoms with Crippen LogP contribution in [0.25, 0.3) is 0 Å². The molecule has 0 aromatic carbocycles. The number of hydrogen-bond acceptors (Lipinski definition) is 3. The molecule has 11 heavy (non-hydrogen) atoms. The van der Waals surface area contributed by atoms with Crippen LogP contribution in [0.2, 0.25) is 0 Å². The molecule has 0 aliphatic carbocycles. The molecule has 4 nitrogen and oxygen atoms in total. The van der Waals surface area contributed by atoms with Gasteiger partial charge in [0.1, 0.15) is 0 Å². The number of carbonyl (C=O) groups is 1. The standard InChI is InChI=1S/C7H8N2O2/c8-4-6-3-5(7(10)11)1-2-9-6/h1-3H,4,8H2,(H,10,11). The maximum absolute atomic E-state index is 10.4. The maximum Gasteiger partial charge on any atom is 0.335 e. The van der Waals surface area contributed by atoms with E-state index in [1.807, 2.05) is 0 Å². The number of carboxylic acids is 1. The van der Waals surface area contributed by atoms with Crippen molar-refractivity contribution in [1.29, 1.82) is 0 Å². The minimum absolute atomic E-state index is 0.223. The molecule has 0 spiro atoms. The highest BCUT2D eigenvalue weighted by Gasteiger charge is 2.01. The lowest BCUT2D eigenvalue weighted by Crippen LogP contribution is -2.03. The third-order valence-electron chi connectivity index (χ3n) is 1.27. The summed E-state index contributed by atoms with van der Waals surface area (Å²) in [4.78, 5) is 14.3. The molecule has 1 aromatic heterocycles. The zero-order valence-corrected chi connectivity index (χ0v) is 5.82. The van der Waals surface area contributed by atoms with Crippen LogP contribution in [0, 0.1) is 0 Å². The molecule has 0 aliphatic heterocycles.